The molecule has 5 nitrogen and oxygen atoms in total. The summed E-state index contributed by atoms with van der Waals surface area (Å²) in [7, 11) is 0. The van der Waals surface area contributed by atoms with Gasteiger partial charge in [0.1, 0.15) is 6.54 Å². The third-order valence-electron chi connectivity index (χ3n) is 5.76. The first-order valence-electron chi connectivity index (χ1n) is 9.13. The lowest BCUT2D eigenvalue weighted by Gasteiger charge is -2.43. The molecule has 0 saturated carbocycles. The maximum Gasteiger partial charge on any atom is 0.410 e. The van der Waals surface area contributed by atoms with E-state index in [1.165, 1.54) is 16.7 Å². The molecule has 1 saturated heterocycles. The number of rotatable bonds is 1. The lowest BCUT2D eigenvalue weighted by molar-refractivity contribution is -0.123. The number of carbonyl (C=O) groups excluding carboxylic acids is 2. The highest BCUT2D eigenvalue weighted by atomic mass is 16.6. The number of anilines is 1. The van der Waals surface area contributed by atoms with Gasteiger partial charge in [0.2, 0.25) is 5.91 Å². The first kappa shape index (κ1) is 15.4. The Labute approximate surface area is 152 Å². The molecule has 1 fully saturated rings. The zero-order valence-electron chi connectivity index (χ0n) is 14.6. The van der Waals surface area contributed by atoms with Crippen LogP contribution in [0.25, 0.3) is 0 Å². The molecular formula is C21H20N2O3. The fourth-order valence-electron chi connectivity index (χ4n) is 4.77. The summed E-state index contributed by atoms with van der Waals surface area (Å²) in [4.78, 5) is 29.2. The number of carbonyl (C=O) groups is 2. The van der Waals surface area contributed by atoms with Crippen molar-refractivity contribution in [3.8, 4) is 0 Å². The predicted molar refractivity (Wildman–Crippen MR) is 97.1 cm³/mol. The van der Waals surface area contributed by atoms with Crippen molar-refractivity contribution >= 4 is 17.7 Å². The first-order chi connectivity index (χ1) is 12.7. The van der Waals surface area contributed by atoms with Crippen LogP contribution >= 0.6 is 0 Å². The highest BCUT2D eigenvalue weighted by Gasteiger charge is 2.50. The summed E-state index contributed by atoms with van der Waals surface area (Å²) in [6, 6.07) is 14.3. The average molecular weight is 348 g/mol. The highest BCUT2D eigenvalue weighted by Crippen LogP contribution is 2.48. The SMILES string of the molecule is CCOC(=O)N1CC(=O)N2c3ccccc3Cc3cccc4c3[C@H]2[C@@H]1C4. The van der Waals surface area contributed by atoms with Crippen molar-refractivity contribution in [1.29, 1.82) is 0 Å². The second-order valence-electron chi connectivity index (χ2n) is 7.10. The molecule has 0 bridgehead atoms. The molecule has 2 atom stereocenters. The van der Waals surface area contributed by atoms with E-state index in [0.29, 0.717) is 6.61 Å². The van der Waals surface area contributed by atoms with Gasteiger partial charge in [-0.2, -0.15) is 0 Å². The van der Waals surface area contributed by atoms with E-state index in [0.717, 1.165) is 24.1 Å². The van der Waals surface area contributed by atoms with Crippen LogP contribution in [-0.2, 0) is 22.4 Å². The number of hydrogen-bond acceptors (Lipinski definition) is 3. The molecule has 1 aliphatic carbocycles. The van der Waals surface area contributed by atoms with Crippen molar-refractivity contribution in [2.45, 2.75) is 31.8 Å². The van der Waals surface area contributed by atoms with Crippen LogP contribution in [-0.4, -0.2) is 36.1 Å². The van der Waals surface area contributed by atoms with E-state index in [4.69, 9.17) is 4.74 Å². The second-order valence-corrected chi connectivity index (χ2v) is 7.10. The molecule has 2 heterocycles. The Kier molecular flexibility index (Phi) is 3.32. The van der Waals surface area contributed by atoms with Gasteiger partial charge < -0.3 is 9.64 Å². The van der Waals surface area contributed by atoms with Crippen molar-refractivity contribution in [1.82, 2.24) is 4.90 Å². The molecule has 132 valence electrons. The van der Waals surface area contributed by atoms with E-state index >= 15 is 0 Å². The van der Waals surface area contributed by atoms with Crippen molar-refractivity contribution in [2.75, 3.05) is 18.1 Å². The third kappa shape index (κ3) is 2.03. The van der Waals surface area contributed by atoms with Crippen molar-refractivity contribution in [3.63, 3.8) is 0 Å². The number of amides is 2. The second kappa shape index (κ2) is 5.59. The monoisotopic (exact) mass is 348 g/mol. The molecule has 3 aliphatic rings. The lowest BCUT2D eigenvalue weighted by Crippen LogP contribution is -2.58. The average Bonchev–Trinajstić information content (AvgIpc) is 2.94. The van der Waals surface area contributed by atoms with E-state index < -0.39 is 6.09 Å². The Balaban J connectivity index is 1.70. The van der Waals surface area contributed by atoms with E-state index in [9.17, 15) is 9.59 Å². The topological polar surface area (TPSA) is 49.9 Å². The molecule has 2 aromatic carbocycles. The molecule has 0 spiro atoms. The Morgan fingerprint density at radius 2 is 1.88 bits per heavy atom. The number of piperazine rings is 1. The quantitative estimate of drug-likeness (QED) is 0.796. The number of nitrogens with zero attached hydrogens (tertiary/aromatic N) is 2. The van der Waals surface area contributed by atoms with Crippen LogP contribution in [0.1, 0.15) is 35.2 Å². The normalized spacial score (nSPS) is 22.6. The maximum atomic E-state index is 13.1. The maximum absolute atomic E-state index is 13.1. The molecule has 2 aromatic rings. The van der Waals surface area contributed by atoms with Gasteiger partial charge in [-0.15, -0.1) is 0 Å². The molecule has 0 N–H and O–H groups in total. The molecule has 0 radical (unpaired) electrons. The van der Waals surface area contributed by atoms with Gasteiger partial charge >= 0.3 is 6.09 Å². The van der Waals surface area contributed by atoms with Gasteiger partial charge in [0, 0.05) is 5.69 Å². The van der Waals surface area contributed by atoms with Crippen LogP contribution in [0.5, 0.6) is 0 Å². The van der Waals surface area contributed by atoms with Crippen LogP contribution in [0, 0.1) is 0 Å². The van der Waals surface area contributed by atoms with Gasteiger partial charge in [0.15, 0.2) is 0 Å². The van der Waals surface area contributed by atoms with Crippen molar-refractivity contribution in [3.05, 3.63) is 64.7 Å². The summed E-state index contributed by atoms with van der Waals surface area (Å²) in [6.45, 7) is 2.17. The van der Waals surface area contributed by atoms with E-state index in [2.05, 4.69) is 24.3 Å². The summed E-state index contributed by atoms with van der Waals surface area (Å²) < 4.78 is 5.24. The van der Waals surface area contributed by atoms with Crippen LogP contribution in [0.2, 0.25) is 0 Å². The summed E-state index contributed by atoms with van der Waals surface area (Å²) >= 11 is 0. The molecular weight excluding hydrogens is 328 g/mol. The minimum atomic E-state index is -0.391. The van der Waals surface area contributed by atoms with E-state index in [-0.39, 0.29) is 24.5 Å². The Morgan fingerprint density at radius 3 is 2.73 bits per heavy atom. The summed E-state index contributed by atoms with van der Waals surface area (Å²) in [5, 5.41) is 0. The zero-order valence-corrected chi connectivity index (χ0v) is 14.6. The summed E-state index contributed by atoms with van der Waals surface area (Å²) in [6.07, 6.45) is 1.18. The van der Waals surface area contributed by atoms with Crippen LogP contribution in [0.15, 0.2) is 42.5 Å². The predicted octanol–water partition coefficient (Wildman–Crippen LogP) is 3.06. The first-order valence-corrected chi connectivity index (χ1v) is 9.13. The van der Waals surface area contributed by atoms with E-state index in [1.54, 1.807) is 11.8 Å². The molecule has 26 heavy (non-hydrogen) atoms. The summed E-state index contributed by atoms with van der Waals surface area (Å²) in [5.41, 5.74) is 5.84. The van der Waals surface area contributed by atoms with Crippen LogP contribution in [0.3, 0.4) is 0 Å². The summed E-state index contributed by atoms with van der Waals surface area (Å²) in [5.74, 6) is -0.0451. The molecule has 2 aliphatic heterocycles. The van der Waals surface area contributed by atoms with Crippen molar-refractivity contribution in [2.24, 2.45) is 0 Å². The smallest absolute Gasteiger partial charge is 0.410 e. The van der Waals surface area contributed by atoms with Crippen LogP contribution < -0.4 is 4.90 Å². The molecule has 5 heteroatoms. The largest absolute Gasteiger partial charge is 0.450 e. The fourth-order valence-corrected chi connectivity index (χ4v) is 4.77. The lowest BCUT2D eigenvalue weighted by atomic mass is 9.96. The van der Waals surface area contributed by atoms with Gasteiger partial charge in [0.25, 0.3) is 0 Å². The zero-order chi connectivity index (χ0) is 17.8. The molecule has 2 amide bonds. The number of hydrogen-bond donors (Lipinski definition) is 0. The number of fused-ring (bicyclic) bond motifs is 2. The molecule has 5 rings (SSSR count). The van der Waals surface area contributed by atoms with Gasteiger partial charge in [0.05, 0.1) is 18.7 Å². The Bertz CT molecular complexity index is 923. The number of ether oxygens (including phenoxy) is 1. The highest BCUT2D eigenvalue weighted by molar-refractivity contribution is 6.00. The number of para-hydroxylation sites is 1. The third-order valence-corrected chi connectivity index (χ3v) is 5.76. The van der Waals surface area contributed by atoms with Crippen molar-refractivity contribution < 1.29 is 14.3 Å². The van der Waals surface area contributed by atoms with Gasteiger partial charge in [-0.1, -0.05) is 36.4 Å². The van der Waals surface area contributed by atoms with Crippen LogP contribution in [0.4, 0.5) is 10.5 Å². The van der Waals surface area contributed by atoms with Gasteiger partial charge in [-0.25, -0.2) is 4.79 Å². The fraction of sp³-hybridized carbons (Fsp3) is 0.333. The standard InChI is InChI=1S/C21H20N2O3/c1-2-26-21(25)22-12-18(24)23-16-9-4-3-6-13(16)10-14-7-5-8-15-11-17(22)20(23)19(14)15/h3-9,17,20H,2,10-12H2,1H3/t17-,20+/m0/s1. The van der Waals surface area contributed by atoms with Gasteiger partial charge in [-0.3, -0.25) is 9.69 Å². The Hall–Kier alpha value is -2.82. The van der Waals surface area contributed by atoms with Gasteiger partial charge in [-0.05, 0) is 48.1 Å². The molecule has 0 unspecified atom stereocenters. The van der Waals surface area contributed by atoms with E-state index in [1.807, 2.05) is 23.1 Å². The minimum absolute atomic E-state index is 0.0451. The Morgan fingerprint density at radius 1 is 1.12 bits per heavy atom. The number of benzene rings is 2. The molecule has 0 aromatic heterocycles. The minimum Gasteiger partial charge on any atom is -0.450 e.